The molecule has 5 nitrogen and oxygen atoms in total. The van der Waals surface area contributed by atoms with E-state index in [2.05, 4.69) is 23.5 Å². The van der Waals surface area contributed by atoms with Gasteiger partial charge in [-0.05, 0) is 61.8 Å². The number of nitrogens with one attached hydrogen (secondary N) is 1. The third-order valence-electron chi connectivity index (χ3n) is 6.50. The number of hydrogen-bond acceptors (Lipinski definition) is 3. The number of aryl methyl sites for hydroxylation is 2. The zero-order valence-corrected chi connectivity index (χ0v) is 18.6. The van der Waals surface area contributed by atoms with E-state index in [1.165, 1.54) is 34.0 Å². The third-order valence-corrected chi connectivity index (χ3v) is 8.32. The molecule has 1 aliphatic heterocycles. The Kier molecular flexibility index (Phi) is 6.44. The first kappa shape index (κ1) is 22.0. The minimum atomic E-state index is -3.62. The lowest BCUT2D eigenvalue weighted by Gasteiger charge is -2.31. The van der Waals surface area contributed by atoms with E-state index in [9.17, 15) is 17.6 Å². The molecule has 31 heavy (non-hydrogen) atoms. The van der Waals surface area contributed by atoms with Crippen molar-refractivity contribution in [1.82, 2.24) is 9.62 Å². The van der Waals surface area contributed by atoms with E-state index < -0.39 is 15.8 Å². The first-order chi connectivity index (χ1) is 14.8. The first-order valence-corrected chi connectivity index (χ1v) is 12.6. The lowest BCUT2D eigenvalue weighted by molar-refractivity contribution is -0.126. The van der Waals surface area contributed by atoms with Crippen molar-refractivity contribution in [2.24, 2.45) is 5.92 Å². The summed E-state index contributed by atoms with van der Waals surface area (Å²) in [7, 11) is -3.62. The minimum absolute atomic E-state index is 0.0286. The largest absolute Gasteiger partial charge is 0.349 e. The molecule has 1 amide bonds. The smallest absolute Gasteiger partial charge is 0.223 e. The summed E-state index contributed by atoms with van der Waals surface area (Å²) in [6.07, 6.45) is 4.37. The number of benzene rings is 2. The summed E-state index contributed by atoms with van der Waals surface area (Å²) < 4.78 is 40.6. The van der Waals surface area contributed by atoms with Crippen LogP contribution in [0, 0.1) is 11.7 Å². The normalized spacial score (nSPS) is 18.5. The molecule has 1 fully saturated rings. The topological polar surface area (TPSA) is 66.5 Å². The molecule has 1 heterocycles. The van der Waals surface area contributed by atoms with Crippen molar-refractivity contribution in [3.05, 3.63) is 70.5 Å². The van der Waals surface area contributed by atoms with Crippen molar-refractivity contribution in [1.29, 1.82) is 0 Å². The van der Waals surface area contributed by atoms with E-state index in [0.29, 0.717) is 12.8 Å². The molecule has 7 heteroatoms. The van der Waals surface area contributed by atoms with Crippen LogP contribution in [0.1, 0.15) is 54.5 Å². The van der Waals surface area contributed by atoms with Crippen molar-refractivity contribution in [3.8, 4) is 0 Å². The van der Waals surface area contributed by atoms with Crippen LogP contribution in [-0.2, 0) is 33.4 Å². The summed E-state index contributed by atoms with van der Waals surface area (Å²) in [4.78, 5) is 12.8. The number of sulfonamides is 1. The van der Waals surface area contributed by atoms with Crippen LogP contribution in [-0.4, -0.2) is 31.7 Å². The number of carbonyl (C=O) groups is 1. The summed E-state index contributed by atoms with van der Waals surface area (Å²) in [5.74, 6) is -1.11. The van der Waals surface area contributed by atoms with Crippen LogP contribution < -0.4 is 5.32 Å². The second-order valence-corrected chi connectivity index (χ2v) is 10.6. The fourth-order valence-electron chi connectivity index (χ4n) is 4.58. The maximum Gasteiger partial charge on any atom is 0.223 e. The second kappa shape index (κ2) is 9.09. The van der Waals surface area contributed by atoms with E-state index in [4.69, 9.17) is 0 Å². The predicted octanol–water partition coefficient (Wildman–Crippen LogP) is 3.73. The standard InChI is InChI=1S/C24H29FN2O3S/c1-17(20-10-9-18-6-4-7-21(18)15-20)26-24(28)19-11-13-27(14-12-19)31(29,30)16-22-5-2-3-8-23(22)25/h2-3,5,8-10,15,17,19H,4,6-7,11-14,16H2,1H3,(H,26,28). The molecule has 0 saturated carbocycles. The molecule has 2 aromatic rings. The number of piperidine rings is 1. The van der Waals surface area contributed by atoms with Gasteiger partial charge in [0.15, 0.2) is 0 Å². The molecule has 1 atom stereocenters. The fourth-order valence-corrected chi connectivity index (χ4v) is 6.15. The van der Waals surface area contributed by atoms with Gasteiger partial charge < -0.3 is 5.32 Å². The van der Waals surface area contributed by atoms with Crippen molar-refractivity contribution in [3.63, 3.8) is 0 Å². The third kappa shape index (κ3) is 4.99. The summed E-state index contributed by atoms with van der Waals surface area (Å²) in [5.41, 5.74) is 4.07. The van der Waals surface area contributed by atoms with Crippen LogP contribution in [0.2, 0.25) is 0 Å². The molecule has 1 aliphatic carbocycles. The molecular weight excluding hydrogens is 415 g/mol. The number of nitrogens with zero attached hydrogens (tertiary/aromatic N) is 1. The van der Waals surface area contributed by atoms with Gasteiger partial charge in [0.1, 0.15) is 5.82 Å². The lowest BCUT2D eigenvalue weighted by atomic mass is 9.96. The Morgan fingerprint density at radius 2 is 1.84 bits per heavy atom. The first-order valence-electron chi connectivity index (χ1n) is 11.0. The van der Waals surface area contributed by atoms with E-state index in [1.54, 1.807) is 12.1 Å². The Hall–Kier alpha value is -2.25. The van der Waals surface area contributed by atoms with Crippen LogP contribution in [0.5, 0.6) is 0 Å². The molecule has 0 aromatic heterocycles. The number of rotatable bonds is 6. The van der Waals surface area contributed by atoms with E-state index in [-0.39, 0.29) is 42.3 Å². The average Bonchev–Trinajstić information content (AvgIpc) is 3.23. The number of fused-ring (bicyclic) bond motifs is 1. The van der Waals surface area contributed by atoms with Gasteiger partial charge in [0.25, 0.3) is 0 Å². The number of carbonyl (C=O) groups excluding carboxylic acids is 1. The highest BCUT2D eigenvalue weighted by molar-refractivity contribution is 7.88. The quantitative estimate of drug-likeness (QED) is 0.738. The highest BCUT2D eigenvalue weighted by atomic mass is 32.2. The number of hydrogen-bond donors (Lipinski definition) is 1. The highest BCUT2D eigenvalue weighted by Gasteiger charge is 2.32. The number of amides is 1. The number of halogens is 1. The highest BCUT2D eigenvalue weighted by Crippen LogP contribution is 2.27. The molecule has 166 valence electrons. The molecule has 0 bridgehead atoms. The van der Waals surface area contributed by atoms with Crippen molar-refractivity contribution in [2.75, 3.05) is 13.1 Å². The van der Waals surface area contributed by atoms with Gasteiger partial charge in [0.2, 0.25) is 15.9 Å². The van der Waals surface area contributed by atoms with Crippen LogP contribution in [0.25, 0.3) is 0 Å². The van der Waals surface area contributed by atoms with Crippen molar-refractivity contribution >= 4 is 15.9 Å². The second-order valence-electron chi connectivity index (χ2n) is 8.63. The van der Waals surface area contributed by atoms with Gasteiger partial charge in [-0.2, -0.15) is 0 Å². The summed E-state index contributed by atoms with van der Waals surface area (Å²) in [6.45, 7) is 2.55. The fraction of sp³-hybridized carbons (Fsp3) is 0.458. The Labute approximate surface area is 183 Å². The van der Waals surface area contributed by atoms with Crippen LogP contribution >= 0.6 is 0 Å². The van der Waals surface area contributed by atoms with Gasteiger partial charge in [0, 0.05) is 24.6 Å². The summed E-state index contributed by atoms with van der Waals surface area (Å²) >= 11 is 0. The molecule has 0 radical (unpaired) electrons. The maximum absolute atomic E-state index is 13.9. The summed E-state index contributed by atoms with van der Waals surface area (Å²) in [5, 5.41) is 3.10. The molecule has 1 unspecified atom stereocenters. The molecule has 4 rings (SSSR count). The Balaban J connectivity index is 1.32. The zero-order valence-electron chi connectivity index (χ0n) is 17.8. The zero-order chi connectivity index (χ0) is 22.0. The van der Waals surface area contributed by atoms with Gasteiger partial charge in [-0.1, -0.05) is 36.4 Å². The van der Waals surface area contributed by atoms with Gasteiger partial charge in [-0.25, -0.2) is 17.1 Å². The molecule has 0 spiro atoms. The summed E-state index contributed by atoms with van der Waals surface area (Å²) in [6, 6.07) is 12.3. The van der Waals surface area contributed by atoms with Crippen molar-refractivity contribution < 1.29 is 17.6 Å². The van der Waals surface area contributed by atoms with Crippen LogP contribution in [0.4, 0.5) is 4.39 Å². The maximum atomic E-state index is 13.9. The molecule has 2 aromatic carbocycles. The van der Waals surface area contributed by atoms with Crippen molar-refractivity contribution in [2.45, 2.75) is 50.8 Å². The Morgan fingerprint density at radius 1 is 1.13 bits per heavy atom. The Bertz CT molecular complexity index is 1060. The SMILES string of the molecule is CC(NC(=O)C1CCN(S(=O)(=O)Cc2ccccc2F)CC1)c1ccc2c(c1)CCC2. The van der Waals surface area contributed by atoms with Gasteiger partial charge in [-0.3, -0.25) is 4.79 Å². The molecular formula is C24H29FN2O3S. The molecule has 1 saturated heterocycles. The predicted molar refractivity (Wildman–Crippen MR) is 118 cm³/mol. The van der Waals surface area contributed by atoms with Crippen LogP contribution in [0.15, 0.2) is 42.5 Å². The van der Waals surface area contributed by atoms with E-state index in [1.807, 2.05) is 6.92 Å². The monoisotopic (exact) mass is 444 g/mol. The van der Waals surface area contributed by atoms with Gasteiger partial charge in [0.05, 0.1) is 11.8 Å². The van der Waals surface area contributed by atoms with E-state index >= 15 is 0 Å². The van der Waals surface area contributed by atoms with Gasteiger partial charge >= 0.3 is 0 Å². The molecule has 2 aliphatic rings. The van der Waals surface area contributed by atoms with E-state index in [0.717, 1.165) is 18.4 Å². The average molecular weight is 445 g/mol. The Morgan fingerprint density at radius 3 is 2.58 bits per heavy atom. The molecule has 1 N–H and O–H groups in total. The lowest BCUT2D eigenvalue weighted by Crippen LogP contribution is -2.43. The van der Waals surface area contributed by atoms with Crippen LogP contribution in [0.3, 0.4) is 0 Å². The van der Waals surface area contributed by atoms with Gasteiger partial charge in [-0.15, -0.1) is 0 Å². The minimum Gasteiger partial charge on any atom is -0.349 e.